The average molecular weight is 281 g/mol. The van der Waals surface area contributed by atoms with E-state index in [1.165, 1.54) is 4.57 Å². The highest BCUT2D eigenvalue weighted by atomic mass is 16.5. The lowest BCUT2D eigenvalue weighted by molar-refractivity contribution is 0.414. The van der Waals surface area contributed by atoms with Crippen LogP contribution < -0.4 is 16.2 Å². The molecule has 0 aliphatic heterocycles. The fraction of sp³-hybridized carbons (Fsp3) is 0.125. The molecule has 3 rings (SSSR count). The van der Waals surface area contributed by atoms with Gasteiger partial charge in [-0.3, -0.25) is 4.57 Å². The number of nitrogen functional groups attached to an aromatic ring is 1. The van der Waals surface area contributed by atoms with Crippen LogP contribution in [-0.4, -0.2) is 16.7 Å². The van der Waals surface area contributed by atoms with E-state index in [9.17, 15) is 4.79 Å². The van der Waals surface area contributed by atoms with E-state index in [0.29, 0.717) is 17.9 Å². The number of para-hydroxylation sites is 1. The topological polar surface area (TPSA) is 70.1 Å². The van der Waals surface area contributed by atoms with Crippen molar-refractivity contribution < 1.29 is 4.74 Å². The Bertz CT molecular complexity index is 838. The minimum atomic E-state index is -0.345. The summed E-state index contributed by atoms with van der Waals surface area (Å²) in [7, 11) is 1.62. The van der Waals surface area contributed by atoms with E-state index in [-0.39, 0.29) is 5.69 Å². The van der Waals surface area contributed by atoms with E-state index in [2.05, 4.69) is 4.98 Å². The summed E-state index contributed by atoms with van der Waals surface area (Å²) < 4.78 is 6.60. The first-order valence-corrected chi connectivity index (χ1v) is 6.57. The number of nitrogens with zero attached hydrogens (tertiary/aromatic N) is 2. The molecule has 21 heavy (non-hydrogen) atoms. The first-order valence-electron chi connectivity index (χ1n) is 6.57. The molecule has 0 aliphatic carbocycles. The van der Waals surface area contributed by atoms with Crippen molar-refractivity contribution in [3.05, 3.63) is 64.6 Å². The van der Waals surface area contributed by atoms with Crippen LogP contribution in [0.1, 0.15) is 5.56 Å². The first-order chi connectivity index (χ1) is 10.2. The molecule has 2 aromatic carbocycles. The lowest BCUT2D eigenvalue weighted by Crippen LogP contribution is -2.26. The van der Waals surface area contributed by atoms with E-state index >= 15 is 0 Å². The molecule has 0 saturated heterocycles. The molecule has 5 nitrogen and oxygen atoms in total. The van der Waals surface area contributed by atoms with E-state index in [0.717, 1.165) is 16.7 Å². The molecule has 0 unspecified atom stereocenters. The zero-order chi connectivity index (χ0) is 14.8. The van der Waals surface area contributed by atoms with Gasteiger partial charge in [-0.05, 0) is 29.8 Å². The molecule has 0 amide bonds. The molecule has 3 aromatic rings. The number of methoxy groups -OCH3 is 1. The van der Waals surface area contributed by atoms with Crippen molar-refractivity contribution in [2.45, 2.75) is 6.54 Å². The number of hydrogen-bond donors (Lipinski definition) is 1. The summed E-state index contributed by atoms with van der Waals surface area (Å²) in [6.07, 6.45) is 0. The molecule has 0 aliphatic rings. The van der Waals surface area contributed by atoms with Crippen molar-refractivity contribution in [2.75, 3.05) is 12.8 Å². The fourth-order valence-corrected chi connectivity index (χ4v) is 2.27. The lowest BCUT2D eigenvalue weighted by Gasteiger charge is -2.11. The van der Waals surface area contributed by atoms with Gasteiger partial charge < -0.3 is 10.5 Å². The van der Waals surface area contributed by atoms with Gasteiger partial charge in [-0.15, -0.1) is 0 Å². The maximum absolute atomic E-state index is 12.1. The predicted molar refractivity (Wildman–Crippen MR) is 82.5 cm³/mol. The largest absolute Gasteiger partial charge is 0.497 e. The van der Waals surface area contributed by atoms with Crippen LogP contribution in [0.2, 0.25) is 0 Å². The van der Waals surface area contributed by atoms with E-state index in [1.54, 1.807) is 13.2 Å². The molecule has 0 saturated carbocycles. The number of aromatic nitrogens is 2. The van der Waals surface area contributed by atoms with Crippen LogP contribution in [0.5, 0.6) is 5.75 Å². The van der Waals surface area contributed by atoms with Gasteiger partial charge in [-0.1, -0.05) is 24.3 Å². The Morgan fingerprint density at radius 3 is 2.57 bits per heavy atom. The number of nitrogens with two attached hydrogens (primary N) is 1. The van der Waals surface area contributed by atoms with E-state index in [1.807, 2.05) is 42.5 Å². The van der Waals surface area contributed by atoms with Gasteiger partial charge in [0, 0.05) is 5.39 Å². The van der Waals surface area contributed by atoms with Gasteiger partial charge in [0.05, 0.1) is 19.2 Å². The van der Waals surface area contributed by atoms with Crippen LogP contribution in [0.4, 0.5) is 5.82 Å². The summed E-state index contributed by atoms with van der Waals surface area (Å²) in [5.41, 5.74) is 7.35. The van der Waals surface area contributed by atoms with Gasteiger partial charge in [-0.25, -0.2) is 4.79 Å². The Hall–Kier alpha value is -2.82. The molecule has 5 heteroatoms. The van der Waals surface area contributed by atoms with Crippen LogP contribution in [0.15, 0.2) is 53.3 Å². The maximum Gasteiger partial charge on any atom is 0.350 e. The summed E-state index contributed by atoms with van der Waals surface area (Å²) in [5.74, 6) is 1.21. The number of anilines is 1. The molecular formula is C16H15N3O2. The van der Waals surface area contributed by atoms with Crippen molar-refractivity contribution in [3.8, 4) is 5.75 Å². The smallest absolute Gasteiger partial charge is 0.350 e. The van der Waals surface area contributed by atoms with E-state index in [4.69, 9.17) is 10.5 Å². The van der Waals surface area contributed by atoms with Gasteiger partial charge >= 0.3 is 5.69 Å². The lowest BCUT2D eigenvalue weighted by atomic mass is 10.2. The number of benzene rings is 2. The quantitative estimate of drug-likeness (QED) is 0.797. The third-order valence-corrected chi connectivity index (χ3v) is 3.42. The summed E-state index contributed by atoms with van der Waals surface area (Å²) in [6, 6.07) is 14.9. The highest BCUT2D eigenvalue weighted by molar-refractivity contribution is 5.87. The monoisotopic (exact) mass is 281 g/mol. The van der Waals surface area contributed by atoms with Crippen molar-refractivity contribution >= 4 is 16.7 Å². The average Bonchev–Trinajstić information content (AvgIpc) is 2.52. The maximum atomic E-state index is 12.1. The van der Waals surface area contributed by atoms with Gasteiger partial charge in [0.1, 0.15) is 11.6 Å². The summed E-state index contributed by atoms with van der Waals surface area (Å²) >= 11 is 0. The van der Waals surface area contributed by atoms with Crippen LogP contribution >= 0.6 is 0 Å². The second-order valence-corrected chi connectivity index (χ2v) is 4.73. The van der Waals surface area contributed by atoms with Crippen LogP contribution in [0, 0.1) is 0 Å². The Labute approximate surface area is 121 Å². The normalized spacial score (nSPS) is 10.7. The molecule has 2 N–H and O–H groups in total. The van der Waals surface area contributed by atoms with Crippen molar-refractivity contribution in [3.63, 3.8) is 0 Å². The molecule has 1 aromatic heterocycles. The Balaban J connectivity index is 2.05. The minimum absolute atomic E-state index is 0.345. The third kappa shape index (κ3) is 2.45. The molecule has 106 valence electrons. The number of hydrogen-bond acceptors (Lipinski definition) is 4. The molecule has 0 atom stereocenters. The number of ether oxygens (including phenoxy) is 1. The zero-order valence-electron chi connectivity index (χ0n) is 11.6. The minimum Gasteiger partial charge on any atom is -0.497 e. The third-order valence-electron chi connectivity index (χ3n) is 3.42. The second kappa shape index (κ2) is 5.28. The Morgan fingerprint density at radius 2 is 1.86 bits per heavy atom. The van der Waals surface area contributed by atoms with Gasteiger partial charge in [0.25, 0.3) is 0 Å². The molecule has 0 spiro atoms. The van der Waals surface area contributed by atoms with Gasteiger partial charge in [-0.2, -0.15) is 4.98 Å². The SMILES string of the molecule is COc1ccc(Cn2c(N)c3ccccc3nc2=O)cc1. The molecular weight excluding hydrogens is 266 g/mol. The van der Waals surface area contributed by atoms with Crippen LogP contribution in [-0.2, 0) is 6.54 Å². The van der Waals surface area contributed by atoms with Gasteiger partial charge in [0.2, 0.25) is 0 Å². The van der Waals surface area contributed by atoms with Crippen LogP contribution in [0.3, 0.4) is 0 Å². The Morgan fingerprint density at radius 1 is 1.14 bits per heavy atom. The summed E-state index contributed by atoms with van der Waals surface area (Å²) in [6.45, 7) is 0.381. The molecule has 0 bridgehead atoms. The predicted octanol–water partition coefficient (Wildman–Crippen LogP) is 2.04. The standard InChI is InChI=1S/C16H15N3O2/c1-21-12-8-6-11(7-9-12)10-19-15(17)13-4-2-3-5-14(13)18-16(19)20/h2-9H,10,17H2,1H3. The highest BCUT2D eigenvalue weighted by Gasteiger charge is 2.08. The number of fused-ring (bicyclic) bond motifs is 1. The molecule has 0 radical (unpaired) electrons. The number of rotatable bonds is 3. The zero-order valence-corrected chi connectivity index (χ0v) is 11.6. The van der Waals surface area contributed by atoms with Gasteiger partial charge in [0.15, 0.2) is 0 Å². The first kappa shape index (κ1) is 13.2. The summed E-state index contributed by atoms with van der Waals surface area (Å²) in [4.78, 5) is 16.2. The van der Waals surface area contributed by atoms with Crippen molar-refractivity contribution in [1.29, 1.82) is 0 Å². The van der Waals surface area contributed by atoms with Crippen molar-refractivity contribution in [1.82, 2.24) is 9.55 Å². The molecule has 0 fully saturated rings. The van der Waals surface area contributed by atoms with Crippen LogP contribution in [0.25, 0.3) is 10.9 Å². The summed E-state index contributed by atoms with van der Waals surface area (Å²) in [5, 5.41) is 0.783. The highest BCUT2D eigenvalue weighted by Crippen LogP contribution is 2.18. The Kier molecular flexibility index (Phi) is 3.31. The fourth-order valence-electron chi connectivity index (χ4n) is 2.27. The van der Waals surface area contributed by atoms with Crippen molar-refractivity contribution in [2.24, 2.45) is 0 Å². The van der Waals surface area contributed by atoms with E-state index < -0.39 is 0 Å². The second-order valence-electron chi connectivity index (χ2n) is 4.73. The molecule has 1 heterocycles.